The lowest BCUT2D eigenvalue weighted by Gasteiger charge is -2.37. The van der Waals surface area contributed by atoms with Crippen LogP contribution < -0.4 is 19.7 Å². The number of amidine groups is 1. The van der Waals surface area contributed by atoms with E-state index in [4.69, 9.17) is 4.74 Å². The van der Waals surface area contributed by atoms with Crippen molar-refractivity contribution in [2.24, 2.45) is 4.99 Å². The summed E-state index contributed by atoms with van der Waals surface area (Å²) in [5.41, 5.74) is 4.62. The van der Waals surface area contributed by atoms with Crippen molar-refractivity contribution in [3.05, 3.63) is 84.2 Å². The Kier molecular flexibility index (Phi) is 9.18. The van der Waals surface area contributed by atoms with Crippen LogP contribution in [-0.2, 0) is 0 Å². The number of hydrogen-bond acceptors (Lipinski definition) is 6. The molecule has 1 saturated heterocycles. The average molecular weight is 665 g/mol. The first-order chi connectivity index (χ1) is 22.5. The number of nitrogens with one attached hydrogen (secondary N) is 1. The van der Waals surface area contributed by atoms with Crippen LogP contribution in [0.4, 0.5) is 23.7 Å². The monoisotopic (exact) mass is 664 g/mol. The van der Waals surface area contributed by atoms with Gasteiger partial charge < -0.3 is 19.7 Å². The lowest BCUT2D eigenvalue weighted by molar-refractivity contribution is -0.274. The molecule has 2 heterocycles. The number of carbonyl (C=O) groups excluding carboxylic acids is 1. The van der Waals surface area contributed by atoms with Crippen molar-refractivity contribution in [3.63, 3.8) is 0 Å². The number of rotatable bonds is 8. The molecule has 3 atom stereocenters. The van der Waals surface area contributed by atoms with Gasteiger partial charge in [-0.05, 0) is 79.3 Å². The molecule has 0 radical (unpaired) electrons. The largest absolute Gasteiger partial charge is 0.573 e. The van der Waals surface area contributed by atoms with Gasteiger partial charge in [-0.2, -0.15) is 4.99 Å². The van der Waals surface area contributed by atoms with Crippen molar-refractivity contribution in [2.75, 3.05) is 17.8 Å². The van der Waals surface area contributed by atoms with Gasteiger partial charge in [-0.15, -0.1) is 18.3 Å². The summed E-state index contributed by atoms with van der Waals surface area (Å²) in [6.45, 7) is 6.46. The van der Waals surface area contributed by atoms with Crippen molar-refractivity contribution in [1.82, 2.24) is 20.1 Å². The highest BCUT2D eigenvalue weighted by molar-refractivity contribution is 8.14. The highest BCUT2D eigenvalue weighted by Gasteiger charge is 2.40. The van der Waals surface area contributed by atoms with Crippen molar-refractivity contribution in [1.29, 1.82) is 0 Å². The number of ether oxygens (including phenoxy) is 2. The molecular formula is C34H35F3N6O3S. The zero-order chi connectivity index (χ0) is 33.3. The van der Waals surface area contributed by atoms with Gasteiger partial charge in [0.2, 0.25) is 0 Å². The number of aliphatic imine (C=N–C) groups is 1. The molecular weight excluding hydrogens is 629 g/mol. The minimum absolute atomic E-state index is 0.00833. The van der Waals surface area contributed by atoms with Gasteiger partial charge in [-0.3, -0.25) is 0 Å². The van der Waals surface area contributed by atoms with E-state index in [2.05, 4.69) is 62.9 Å². The Bertz CT molecular complexity index is 1760. The molecule has 47 heavy (non-hydrogen) atoms. The van der Waals surface area contributed by atoms with Gasteiger partial charge in [0.25, 0.3) is 0 Å². The van der Waals surface area contributed by atoms with E-state index < -0.39 is 6.36 Å². The predicted octanol–water partition coefficient (Wildman–Crippen LogP) is 7.92. The minimum Gasteiger partial charge on any atom is -0.497 e. The number of carbonyl (C=O) groups is 1. The zero-order valence-electron chi connectivity index (χ0n) is 26.4. The normalized spacial score (nSPS) is 20.4. The lowest BCUT2D eigenvalue weighted by Crippen LogP contribution is -2.42. The Labute approximate surface area is 275 Å². The quantitative estimate of drug-likeness (QED) is 0.205. The van der Waals surface area contributed by atoms with Crippen LogP contribution >= 0.6 is 11.8 Å². The number of aromatic nitrogens is 3. The van der Waals surface area contributed by atoms with E-state index in [0.29, 0.717) is 16.7 Å². The van der Waals surface area contributed by atoms with Crippen LogP contribution in [0.5, 0.6) is 11.5 Å². The van der Waals surface area contributed by atoms with Gasteiger partial charge in [-0.1, -0.05) is 49.9 Å². The van der Waals surface area contributed by atoms with Gasteiger partial charge in [0.15, 0.2) is 11.0 Å². The zero-order valence-corrected chi connectivity index (χ0v) is 27.2. The maximum Gasteiger partial charge on any atom is 0.573 e. The van der Waals surface area contributed by atoms with Crippen LogP contribution in [-0.4, -0.2) is 57.3 Å². The second-order valence-electron chi connectivity index (χ2n) is 11.9. The first-order valence-electron chi connectivity index (χ1n) is 15.4. The highest BCUT2D eigenvalue weighted by Crippen LogP contribution is 2.42. The Morgan fingerprint density at radius 3 is 2.47 bits per heavy atom. The number of anilines is 1. The molecule has 1 saturated carbocycles. The van der Waals surface area contributed by atoms with Crippen LogP contribution in [0.3, 0.4) is 0 Å². The lowest BCUT2D eigenvalue weighted by atomic mass is 9.99. The Balaban J connectivity index is 1.09. The Morgan fingerprint density at radius 2 is 1.79 bits per heavy atom. The molecule has 1 N–H and O–H groups in total. The van der Waals surface area contributed by atoms with Crippen LogP contribution in [0.25, 0.3) is 17.1 Å². The van der Waals surface area contributed by atoms with Crippen LogP contribution in [0.15, 0.2) is 78.0 Å². The smallest absolute Gasteiger partial charge is 0.497 e. The number of nitrogens with zero attached hydrogens (tertiary/aromatic N) is 5. The van der Waals surface area contributed by atoms with E-state index in [1.807, 2.05) is 30.3 Å². The third-order valence-electron chi connectivity index (χ3n) is 8.25. The number of urea groups is 1. The highest BCUT2D eigenvalue weighted by atomic mass is 32.2. The molecule has 13 heteroatoms. The third kappa shape index (κ3) is 7.56. The summed E-state index contributed by atoms with van der Waals surface area (Å²) >= 11 is 1.60. The number of methoxy groups -OCH3 is 1. The summed E-state index contributed by atoms with van der Waals surface area (Å²) in [6, 6.07) is 19.2. The molecule has 2 aliphatic rings. The summed E-state index contributed by atoms with van der Waals surface area (Å²) in [7, 11) is 1.66. The van der Waals surface area contributed by atoms with Crippen molar-refractivity contribution < 1.29 is 27.4 Å². The molecule has 246 valence electrons. The summed E-state index contributed by atoms with van der Waals surface area (Å²) in [4.78, 5) is 24.2. The van der Waals surface area contributed by atoms with Crippen LogP contribution in [0.2, 0.25) is 0 Å². The molecule has 2 fully saturated rings. The first-order valence-corrected chi connectivity index (χ1v) is 16.3. The molecule has 1 aliphatic heterocycles. The topological polar surface area (TPSA) is 93.9 Å². The summed E-state index contributed by atoms with van der Waals surface area (Å²) in [6.07, 6.45) is -1.44. The number of thioether (sulfide) groups is 1. The number of amides is 2. The van der Waals surface area contributed by atoms with Crippen molar-refractivity contribution in [2.45, 2.75) is 63.9 Å². The third-order valence-corrected chi connectivity index (χ3v) is 9.24. The molecule has 3 unspecified atom stereocenters. The molecule has 3 aromatic carbocycles. The fourth-order valence-corrected chi connectivity index (χ4v) is 6.88. The average Bonchev–Trinajstić information content (AvgIpc) is 3.61. The molecule has 1 aromatic heterocycles. The molecule has 9 nitrogen and oxygen atoms in total. The maximum absolute atomic E-state index is 13.1. The van der Waals surface area contributed by atoms with Gasteiger partial charge in [0.05, 0.1) is 12.8 Å². The van der Waals surface area contributed by atoms with Crippen LogP contribution in [0.1, 0.15) is 56.6 Å². The van der Waals surface area contributed by atoms with Gasteiger partial charge in [0, 0.05) is 35.0 Å². The van der Waals surface area contributed by atoms with Crippen LogP contribution in [0, 0.1) is 0 Å². The fraction of sp³-hybridized carbons (Fsp3) is 0.353. The number of benzene rings is 3. The van der Waals surface area contributed by atoms with Crippen molar-refractivity contribution >= 4 is 28.6 Å². The second kappa shape index (κ2) is 13.3. The SMILES string of the molecule is COc1ccc(N2/C(=N/C(=O)NC3CC3c3ccc(-c4ncn(-c5ccc(OC(F)(F)F)cc5)n4)cc3)SCCC2C)c(C(C)C)c1. The molecule has 0 spiro atoms. The second-order valence-corrected chi connectivity index (χ2v) is 13.0. The van der Waals surface area contributed by atoms with E-state index in [-0.39, 0.29) is 35.7 Å². The Hall–Kier alpha value is -4.52. The molecule has 6 rings (SSSR count). The number of hydrogen-bond donors (Lipinski definition) is 1. The van der Waals surface area contributed by atoms with E-state index in [1.165, 1.54) is 35.3 Å². The molecule has 0 bridgehead atoms. The summed E-state index contributed by atoms with van der Waals surface area (Å²) < 4.78 is 48.2. The Morgan fingerprint density at radius 1 is 1.06 bits per heavy atom. The molecule has 4 aromatic rings. The van der Waals surface area contributed by atoms with E-state index >= 15 is 0 Å². The minimum atomic E-state index is -4.75. The van der Waals surface area contributed by atoms with Crippen molar-refractivity contribution in [3.8, 4) is 28.6 Å². The van der Waals surface area contributed by atoms with Gasteiger partial charge in [-0.25, -0.2) is 14.5 Å². The van der Waals surface area contributed by atoms with Gasteiger partial charge in [0.1, 0.15) is 17.8 Å². The standard InChI is InChI=1S/C34H35F3N6O3S/c1-20(2)27-17-26(45-4)13-14-30(27)43-21(3)15-16-47-33(43)40-32(44)39-29-18-28(29)22-5-7-23(8-6-22)31-38-19-42(41-31)24-9-11-25(12-10-24)46-34(35,36)37/h5-14,17,19-21,28-29H,15-16,18H2,1-4H3,(H,39,44)/b40-33-. The number of alkyl halides is 3. The summed E-state index contributed by atoms with van der Waals surface area (Å²) in [5, 5.41) is 8.26. The van der Waals surface area contributed by atoms with E-state index in [9.17, 15) is 18.0 Å². The van der Waals surface area contributed by atoms with E-state index in [1.54, 1.807) is 18.9 Å². The fourth-order valence-electron chi connectivity index (χ4n) is 5.68. The molecule has 2 amide bonds. The van der Waals surface area contributed by atoms with Gasteiger partial charge >= 0.3 is 12.4 Å². The molecule has 1 aliphatic carbocycles. The number of halogens is 3. The maximum atomic E-state index is 13.1. The summed E-state index contributed by atoms with van der Waals surface area (Å²) in [5.74, 6) is 2.31. The predicted molar refractivity (Wildman–Crippen MR) is 177 cm³/mol. The first kappa shape index (κ1) is 32.4. The van der Waals surface area contributed by atoms with E-state index in [0.717, 1.165) is 46.7 Å².